The largest absolute Gasteiger partial charge is 0.480 e. The molecule has 1 saturated heterocycles. The van der Waals surface area contributed by atoms with Crippen LogP contribution in [0.25, 0.3) is 0 Å². The highest BCUT2D eigenvalue weighted by atomic mass is 16.5. The summed E-state index contributed by atoms with van der Waals surface area (Å²) in [5.74, 6) is -1.16. The third kappa shape index (κ3) is 2.23. The van der Waals surface area contributed by atoms with Gasteiger partial charge >= 0.3 is 5.97 Å². The molecule has 1 N–H and O–H groups in total. The maximum absolute atomic E-state index is 11.1. The zero-order valence-corrected chi connectivity index (χ0v) is 8.40. The fraction of sp³-hybridized carbons (Fsp3) is 0.778. The molecule has 1 aliphatic heterocycles. The molecule has 2 atom stereocenters. The number of hydrogen-bond acceptors (Lipinski definition) is 3. The van der Waals surface area contributed by atoms with Gasteiger partial charge in [-0.1, -0.05) is 0 Å². The van der Waals surface area contributed by atoms with Crippen molar-refractivity contribution in [1.29, 1.82) is 0 Å². The SMILES string of the molecule is CCO[C@@H]1C[C@@H](C(=O)O)N(C(C)=O)C1. The summed E-state index contributed by atoms with van der Waals surface area (Å²) in [5, 5.41) is 8.87. The molecule has 0 aromatic rings. The second-order valence-electron chi connectivity index (χ2n) is 3.34. The number of carbonyl (C=O) groups excluding carboxylic acids is 1. The van der Waals surface area contributed by atoms with Crippen molar-refractivity contribution in [3.05, 3.63) is 0 Å². The van der Waals surface area contributed by atoms with E-state index >= 15 is 0 Å². The Labute approximate surface area is 82.6 Å². The monoisotopic (exact) mass is 201 g/mol. The lowest BCUT2D eigenvalue weighted by atomic mass is 10.2. The highest BCUT2D eigenvalue weighted by molar-refractivity contribution is 5.83. The van der Waals surface area contributed by atoms with Crippen LogP contribution < -0.4 is 0 Å². The average molecular weight is 201 g/mol. The Morgan fingerprint density at radius 1 is 1.57 bits per heavy atom. The van der Waals surface area contributed by atoms with Gasteiger partial charge in [0.15, 0.2) is 0 Å². The highest BCUT2D eigenvalue weighted by Crippen LogP contribution is 2.20. The second kappa shape index (κ2) is 4.41. The quantitative estimate of drug-likeness (QED) is 0.703. The molecule has 0 radical (unpaired) electrons. The molecule has 0 unspecified atom stereocenters. The van der Waals surface area contributed by atoms with Crippen LogP contribution in [0.15, 0.2) is 0 Å². The van der Waals surface area contributed by atoms with Gasteiger partial charge in [-0.25, -0.2) is 4.79 Å². The number of carboxylic acid groups (broad SMARTS) is 1. The minimum absolute atomic E-state index is 0.134. The average Bonchev–Trinajstić information content (AvgIpc) is 2.49. The first kappa shape index (κ1) is 11.0. The lowest BCUT2D eigenvalue weighted by Crippen LogP contribution is -2.39. The molecule has 1 amide bonds. The van der Waals surface area contributed by atoms with Crippen LogP contribution in [-0.4, -0.2) is 47.2 Å². The van der Waals surface area contributed by atoms with Gasteiger partial charge < -0.3 is 14.7 Å². The van der Waals surface area contributed by atoms with E-state index in [-0.39, 0.29) is 12.0 Å². The second-order valence-corrected chi connectivity index (χ2v) is 3.34. The van der Waals surface area contributed by atoms with Crippen molar-refractivity contribution in [2.75, 3.05) is 13.2 Å². The van der Waals surface area contributed by atoms with Crippen LogP contribution in [0.5, 0.6) is 0 Å². The third-order valence-electron chi connectivity index (χ3n) is 2.35. The maximum atomic E-state index is 11.1. The summed E-state index contributed by atoms with van der Waals surface area (Å²) in [6.45, 7) is 4.17. The molecule has 0 aromatic heterocycles. The molecule has 0 spiro atoms. The molecule has 1 heterocycles. The summed E-state index contributed by atoms with van der Waals surface area (Å²) in [7, 11) is 0. The molecule has 1 fully saturated rings. The molecule has 80 valence electrons. The maximum Gasteiger partial charge on any atom is 0.326 e. The van der Waals surface area contributed by atoms with E-state index in [2.05, 4.69) is 0 Å². The van der Waals surface area contributed by atoms with Gasteiger partial charge in [0, 0.05) is 26.5 Å². The molecule has 5 heteroatoms. The zero-order chi connectivity index (χ0) is 10.7. The van der Waals surface area contributed by atoms with Gasteiger partial charge in [0.2, 0.25) is 5.91 Å². The van der Waals surface area contributed by atoms with Crippen LogP contribution in [0, 0.1) is 0 Å². The van der Waals surface area contributed by atoms with E-state index < -0.39 is 12.0 Å². The minimum atomic E-state index is -0.956. The molecule has 0 aliphatic carbocycles. The van der Waals surface area contributed by atoms with Crippen LogP contribution in [0.1, 0.15) is 20.3 Å². The summed E-state index contributed by atoms with van der Waals surface area (Å²) in [6.07, 6.45) is 0.257. The van der Waals surface area contributed by atoms with E-state index in [1.807, 2.05) is 6.92 Å². The van der Waals surface area contributed by atoms with Crippen LogP contribution in [0.3, 0.4) is 0 Å². The number of rotatable bonds is 3. The summed E-state index contributed by atoms with van der Waals surface area (Å²) < 4.78 is 5.31. The smallest absolute Gasteiger partial charge is 0.326 e. The molecule has 14 heavy (non-hydrogen) atoms. The lowest BCUT2D eigenvalue weighted by Gasteiger charge is -2.18. The Bertz CT molecular complexity index is 219. The molecule has 0 bridgehead atoms. The highest BCUT2D eigenvalue weighted by Gasteiger charge is 2.38. The van der Waals surface area contributed by atoms with Gasteiger partial charge in [-0.15, -0.1) is 0 Å². The first-order valence-corrected chi connectivity index (χ1v) is 4.67. The summed E-state index contributed by atoms with van der Waals surface area (Å²) in [6, 6.07) is -0.718. The van der Waals surface area contributed by atoms with Crippen molar-refractivity contribution in [1.82, 2.24) is 4.90 Å². The topological polar surface area (TPSA) is 66.8 Å². The summed E-state index contributed by atoms with van der Waals surface area (Å²) in [4.78, 5) is 23.3. The van der Waals surface area contributed by atoms with Crippen molar-refractivity contribution in [2.24, 2.45) is 0 Å². The minimum Gasteiger partial charge on any atom is -0.480 e. The molecule has 1 rings (SSSR count). The Balaban J connectivity index is 2.65. The van der Waals surface area contributed by atoms with Gasteiger partial charge in [-0.2, -0.15) is 0 Å². The number of aliphatic carboxylic acids is 1. The van der Waals surface area contributed by atoms with Crippen LogP contribution >= 0.6 is 0 Å². The van der Waals surface area contributed by atoms with E-state index in [4.69, 9.17) is 9.84 Å². The van der Waals surface area contributed by atoms with Gasteiger partial charge in [0.1, 0.15) is 6.04 Å². The van der Waals surface area contributed by atoms with Crippen LogP contribution in [0.2, 0.25) is 0 Å². The van der Waals surface area contributed by atoms with Crippen molar-refractivity contribution in [2.45, 2.75) is 32.4 Å². The Morgan fingerprint density at radius 3 is 2.57 bits per heavy atom. The first-order valence-electron chi connectivity index (χ1n) is 4.67. The van der Waals surface area contributed by atoms with E-state index in [9.17, 15) is 9.59 Å². The van der Waals surface area contributed by atoms with E-state index in [1.165, 1.54) is 11.8 Å². The Kier molecular flexibility index (Phi) is 3.46. The number of hydrogen-bond donors (Lipinski definition) is 1. The van der Waals surface area contributed by atoms with E-state index in [0.29, 0.717) is 19.6 Å². The predicted octanol–water partition coefficient (Wildman–Crippen LogP) is 0.0969. The Hall–Kier alpha value is -1.10. The molecular formula is C9H15NO4. The molecule has 5 nitrogen and oxygen atoms in total. The number of likely N-dealkylation sites (tertiary alicyclic amines) is 1. The molecule has 0 aromatic carbocycles. The summed E-state index contributed by atoms with van der Waals surface area (Å²) >= 11 is 0. The van der Waals surface area contributed by atoms with Crippen molar-refractivity contribution in [3.63, 3.8) is 0 Å². The number of ether oxygens (including phenoxy) is 1. The van der Waals surface area contributed by atoms with Gasteiger partial charge in [-0.3, -0.25) is 4.79 Å². The molecular weight excluding hydrogens is 186 g/mol. The lowest BCUT2D eigenvalue weighted by molar-refractivity contribution is -0.147. The summed E-state index contributed by atoms with van der Waals surface area (Å²) in [5.41, 5.74) is 0. The van der Waals surface area contributed by atoms with Crippen molar-refractivity contribution < 1.29 is 19.4 Å². The number of carbonyl (C=O) groups is 2. The van der Waals surface area contributed by atoms with E-state index in [1.54, 1.807) is 0 Å². The van der Waals surface area contributed by atoms with E-state index in [0.717, 1.165) is 0 Å². The number of nitrogens with zero attached hydrogens (tertiary/aromatic N) is 1. The number of amides is 1. The third-order valence-corrected chi connectivity index (χ3v) is 2.35. The normalized spacial score (nSPS) is 26.6. The zero-order valence-electron chi connectivity index (χ0n) is 8.40. The van der Waals surface area contributed by atoms with Crippen LogP contribution in [-0.2, 0) is 14.3 Å². The van der Waals surface area contributed by atoms with Gasteiger partial charge in [0.25, 0.3) is 0 Å². The molecule has 0 saturated carbocycles. The predicted molar refractivity (Wildman–Crippen MR) is 48.8 cm³/mol. The Morgan fingerprint density at radius 2 is 2.21 bits per heavy atom. The fourth-order valence-electron chi connectivity index (χ4n) is 1.74. The first-order chi connectivity index (χ1) is 6.56. The van der Waals surface area contributed by atoms with Gasteiger partial charge in [0.05, 0.1) is 6.10 Å². The van der Waals surface area contributed by atoms with Gasteiger partial charge in [-0.05, 0) is 6.92 Å². The standard InChI is InChI=1S/C9H15NO4/c1-3-14-7-4-8(9(12)13)10(5-7)6(2)11/h7-8H,3-5H2,1-2H3,(H,12,13)/t7-,8+/m1/s1. The van der Waals surface area contributed by atoms with Crippen molar-refractivity contribution in [3.8, 4) is 0 Å². The number of carboxylic acids is 1. The van der Waals surface area contributed by atoms with Crippen molar-refractivity contribution >= 4 is 11.9 Å². The van der Waals surface area contributed by atoms with Crippen LogP contribution in [0.4, 0.5) is 0 Å². The fourth-order valence-corrected chi connectivity index (χ4v) is 1.74. The molecule has 1 aliphatic rings.